The number of rotatable bonds is 8. The van der Waals surface area contributed by atoms with Gasteiger partial charge >= 0.3 is 6.09 Å². The summed E-state index contributed by atoms with van der Waals surface area (Å²) in [5.74, 6) is 0. The van der Waals surface area contributed by atoms with Crippen molar-refractivity contribution in [3.05, 3.63) is 126 Å². The Morgan fingerprint density at radius 3 is 1.78 bits per heavy atom. The van der Waals surface area contributed by atoms with E-state index in [9.17, 15) is 9.59 Å². The molecule has 0 fully saturated rings. The molecule has 2 N–H and O–H groups in total. The summed E-state index contributed by atoms with van der Waals surface area (Å²) in [5.41, 5.74) is 3.07. The molecule has 6 nitrogen and oxygen atoms in total. The van der Waals surface area contributed by atoms with Crippen LogP contribution in [0.1, 0.15) is 22.4 Å². The smallest absolute Gasteiger partial charge is 0.405 e. The number of aromatic nitrogens is 2. The lowest BCUT2D eigenvalue weighted by Gasteiger charge is -2.37. The third-order valence-corrected chi connectivity index (χ3v) is 5.50. The van der Waals surface area contributed by atoms with Gasteiger partial charge < -0.3 is 19.8 Å². The Balaban J connectivity index is 1.90. The van der Waals surface area contributed by atoms with E-state index in [1.807, 2.05) is 65.4 Å². The molecule has 1 unspecified atom stereocenters. The van der Waals surface area contributed by atoms with E-state index < -0.39 is 17.7 Å². The zero-order valence-corrected chi connectivity index (χ0v) is 17.3. The number of aldehydes is 1. The van der Waals surface area contributed by atoms with Gasteiger partial charge in [0.15, 0.2) is 0 Å². The molecular formula is C26H23N3O3. The number of carbonyl (C=O) groups excluding carboxylic acids is 1. The van der Waals surface area contributed by atoms with Crippen LogP contribution < -0.4 is 5.32 Å². The summed E-state index contributed by atoms with van der Waals surface area (Å²) >= 11 is 0. The molecular weight excluding hydrogens is 402 g/mol. The van der Waals surface area contributed by atoms with E-state index in [1.54, 1.807) is 6.33 Å². The predicted octanol–water partition coefficient (Wildman–Crippen LogP) is 4.10. The van der Waals surface area contributed by atoms with Gasteiger partial charge in [0.25, 0.3) is 0 Å². The molecule has 1 amide bonds. The van der Waals surface area contributed by atoms with Crippen LogP contribution in [0.3, 0.4) is 0 Å². The standard InChI is InChI=1S/C26H23N3O3/c30-18-24(28-25(31)32)16-23-17-29(19-27-23)26(20-10-4-1-5-11-20,21-12-6-2-7-13-21)22-14-8-3-9-15-22/h1-15,17-19,24,28H,16H2,(H,31,32). The molecule has 32 heavy (non-hydrogen) atoms. The molecule has 1 atom stereocenters. The molecule has 1 aromatic heterocycles. The van der Waals surface area contributed by atoms with E-state index in [4.69, 9.17) is 5.11 Å². The molecule has 0 aliphatic carbocycles. The van der Waals surface area contributed by atoms with Crippen LogP contribution in [0.5, 0.6) is 0 Å². The number of hydrogen-bond acceptors (Lipinski definition) is 3. The van der Waals surface area contributed by atoms with Gasteiger partial charge in [-0.1, -0.05) is 91.0 Å². The molecule has 1 heterocycles. The summed E-state index contributed by atoms with van der Waals surface area (Å²) in [5, 5.41) is 11.2. The van der Waals surface area contributed by atoms with Gasteiger partial charge in [0.1, 0.15) is 11.8 Å². The molecule has 0 saturated heterocycles. The normalized spacial score (nSPS) is 12.1. The lowest BCUT2D eigenvalue weighted by atomic mass is 9.77. The fraction of sp³-hybridized carbons (Fsp3) is 0.115. The number of benzene rings is 3. The minimum Gasteiger partial charge on any atom is -0.465 e. The molecule has 0 saturated carbocycles. The summed E-state index contributed by atoms with van der Waals surface area (Å²) in [6.07, 6.45) is 3.13. The Morgan fingerprint density at radius 2 is 1.38 bits per heavy atom. The number of hydrogen-bond donors (Lipinski definition) is 2. The van der Waals surface area contributed by atoms with E-state index >= 15 is 0 Å². The molecule has 4 rings (SSSR count). The molecule has 0 spiro atoms. The molecule has 0 bridgehead atoms. The summed E-state index contributed by atoms with van der Waals surface area (Å²) < 4.78 is 2.03. The molecule has 0 radical (unpaired) electrons. The maximum atomic E-state index is 11.4. The zero-order valence-electron chi connectivity index (χ0n) is 17.3. The first kappa shape index (κ1) is 21.1. The van der Waals surface area contributed by atoms with Gasteiger partial charge in [-0.15, -0.1) is 0 Å². The van der Waals surface area contributed by atoms with Crippen LogP contribution in [-0.2, 0) is 16.8 Å². The van der Waals surface area contributed by atoms with Crippen molar-refractivity contribution in [2.45, 2.75) is 18.0 Å². The van der Waals surface area contributed by atoms with E-state index in [2.05, 4.69) is 46.7 Å². The van der Waals surface area contributed by atoms with Gasteiger partial charge in [-0.25, -0.2) is 9.78 Å². The van der Waals surface area contributed by atoms with Gasteiger partial charge in [-0.3, -0.25) is 0 Å². The average Bonchev–Trinajstić information content (AvgIpc) is 3.29. The van der Waals surface area contributed by atoms with Crippen molar-refractivity contribution in [1.82, 2.24) is 14.9 Å². The van der Waals surface area contributed by atoms with Crippen molar-refractivity contribution >= 4 is 12.4 Å². The largest absolute Gasteiger partial charge is 0.465 e. The first-order chi connectivity index (χ1) is 15.6. The monoisotopic (exact) mass is 425 g/mol. The number of carboxylic acid groups (broad SMARTS) is 1. The summed E-state index contributed by atoms with van der Waals surface area (Å²) in [7, 11) is 0. The average molecular weight is 425 g/mol. The first-order valence-electron chi connectivity index (χ1n) is 10.3. The second-order valence-corrected chi connectivity index (χ2v) is 7.48. The van der Waals surface area contributed by atoms with Gasteiger partial charge in [-0.2, -0.15) is 0 Å². The second-order valence-electron chi connectivity index (χ2n) is 7.48. The minimum absolute atomic E-state index is 0.164. The zero-order chi connectivity index (χ0) is 22.4. The Kier molecular flexibility index (Phi) is 6.12. The fourth-order valence-electron chi connectivity index (χ4n) is 4.15. The quantitative estimate of drug-likeness (QED) is 0.329. The Morgan fingerprint density at radius 1 is 0.906 bits per heavy atom. The van der Waals surface area contributed by atoms with Crippen molar-refractivity contribution in [1.29, 1.82) is 0 Å². The van der Waals surface area contributed by atoms with Gasteiger partial charge in [0.2, 0.25) is 0 Å². The SMILES string of the molecule is O=CC(Cc1cn(C(c2ccccc2)(c2ccccc2)c2ccccc2)cn1)NC(=O)O. The number of nitrogens with one attached hydrogen (secondary N) is 1. The lowest BCUT2D eigenvalue weighted by Crippen LogP contribution is -2.37. The third kappa shape index (κ3) is 4.03. The second kappa shape index (κ2) is 9.31. The topological polar surface area (TPSA) is 84.2 Å². The van der Waals surface area contributed by atoms with E-state index in [0.29, 0.717) is 12.0 Å². The van der Waals surface area contributed by atoms with Gasteiger partial charge in [0, 0.05) is 12.6 Å². The number of nitrogens with zero attached hydrogens (tertiary/aromatic N) is 2. The van der Waals surface area contributed by atoms with E-state index in [0.717, 1.165) is 16.7 Å². The van der Waals surface area contributed by atoms with Gasteiger partial charge in [-0.05, 0) is 16.7 Å². The fourth-order valence-corrected chi connectivity index (χ4v) is 4.15. The first-order valence-corrected chi connectivity index (χ1v) is 10.3. The summed E-state index contributed by atoms with van der Waals surface area (Å²) in [6, 6.07) is 29.6. The van der Waals surface area contributed by atoms with E-state index in [1.165, 1.54) is 0 Å². The van der Waals surface area contributed by atoms with Crippen LogP contribution in [-0.4, -0.2) is 33.1 Å². The molecule has 0 aliphatic rings. The summed E-state index contributed by atoms with van der Waals surface area (Å²) in [4.78, 5) is 26.9. The van der Waals surface area contributed by atoms with Crippen LogP contribution in [0.2, 0.25) is 0 Å². The van der Waals surface area contributed by atoms with Crippen molar-refractivity contribution in [2.75, 3.05) is 0 Å². The molecule has 4 aromatic rings. The maximum absolute atomic E-state index is 11.4. The number of imidazole rings is 1. The molecule has 0 aliphatic heterocycles. The van der Waals surface area contributed by atoms with Crippen molar-refractivity contribution < 1.29 is 14.7 Å². The minimum atomic E-state index is -1.24. The van der Waals surface area contributed by atoms with Crippen molar-refractivity contribution in [3.63, 3.8) is 0 Å². The maximum Gasteiger partial charge on any atom is 0.405 e. The lowest BCUT2D eigenvalue weighted by molar-refractivity contribution is -0.109. The van der Waals surface area contributed by atoms with Gasteiger partial charge in [0.05, 0.1) is 18.1 Å². The number of amides is 1. The van der Waals surface area contributed by atoms with Crippen molar-refractivity contribution in [2.24, 2.45) is 0 Å². The Bertz CT molecular complexity index is 1080. The summed E-state index contributed by atoms with van der Waals surface area (Å²) in [6.45, 7) is 0. The van der Waals surface area contributed by atoms with Crippen LogP contribution in [0.25, 0.3) is 0 Å². The van der Waals surface area contributed by atoms with Crippen LogP contribution in [0.15, 0.2) is 104 Å². The van der Waals surface area contributed by atoms with Crippen LogP contribution in [0.4, 0.5) is 4.79 Å². The van der Waals surface area contributed by atoms with E-state index in [-0.39, 0.29) is 6.42 Å². The Labute approximate surface area is 186 Å². The highest BCUT2D eigenvalue weighted by Crippen LogP contribution is 2.40. The van der Waals surface area contributed by atoms with Crippen LogP contribution in [0, 0.1) is 0 Å². The predicted molar refractivity (Wildman–Crippen MR) is 122 cm³/mol. The highest BCUT2D eigenvalue weighted by atomic mass is 16.4. The van der Waals surface area contributed by atoms with Crippen LogP contribution >= 0.6 is 0 Å². The third-order valence-electron chi connectivity index (χ3n) is 5.50. The highest BCUT2D eigenvalue weighted by molar-refractivity contribution is 5.71. The Hall–Kier alpha value is -4.19. The highest BCUT2D eigenvalue weighted by Gasteiger charge is 2.38. The van der Waals surface area contributed by atoms with Crippen molar-refractivity contribution in [3.8, 4) is 0 Å². The molecule has 6 heteroatoms. The number of carbonyl (C=O) groups is 2. The molecule has 160 valence electrons. The molecule has 3 aromatic carbocycles.